The van der Waals surface area contributed by atoms with Crippen LogP contribution in [0, 0.1) is 0 Å². The number of benzene rings is 1. The highest BCUT2D eigenvalue weighted by molar-refractivity contribution is 5.96. The van der Waals surface area contributed by atoms with E-state index in [1.54, 1.807) is 18.7 Å². The summed E-state index contributed by atoms with van der Waals surface area (Å²) < 4.78 is 7.15. The van der Waals surface area contributed by atoms with Crippen molar-refractivity contribution in [3.05, 3.63) is 55.3 Å². The zero-order chi connectivity index (χ0) is 15.8. The van der Waals surface area contributed by atoms with Crippen LogP contribution < -0.4 is 4.90 Å². The first-order valence-electron chi connectivity index (χ1n) is 7.72. The van der Waals surface area contributed by atoms with Gasteiger partial charge >= 0.3 is 0 Å². The minimum Gasteiger partial charge on any atom is -0.472 e. The topological polar surface area (TPSA) is 51.3 Å². The molecule has 0 unspecified atom stereocenters. The minimum atomic E-state index is 0.201. The Bertz CT molecular complexity index is 818. The highest BCUT2D eigenvalue weighted by Gasteiger charge is 2.28. The minimum absolute atomic E-state index is 0.201. The molecule has 4 rings (SSSR count). The quantitative estimate of drug-likeness (QED) is 0.742. The van der Waals surface area contributed by atoms with Crippen LogP contribution in [0.15, 0.2) is 59.7 Å². The SMILES string of the molecule is C[C@@H]1CCC(=O)N1c1ccc(-n2ccnc2-c2ccoc2)cc1. The van der Waals surface area contributed by atoms with E-state index in [2.05, 4.69) is 11.9 Å². The number of hydrogen-bond donors (Lipinski definition) is 0. The number of amides is 1. The van der Waals surface area contributed by atoms with Crippen LogP contribution in [0.4, 0.5) is 5.69 Å². The summed E-state index contributed by atoms with van der Waals surface area (Å²) in [5, 5.41) is 0. The monoisotopic (exact) mass is 307 g/mol. The standard InChI is InChI=1S/C18H17N3O2/c1-13-2-7-17(22)21(13)16-5-3-15(4-6-16)20-10-9-19-18(20)14-8-11-23-12-14/h3-6,8-13H,2,7H2,1H3/t13-/m1/s1. The first kappa shape index (κ1) is 13.8. The third kappa shape index (κ3) is 2.34. The maximum absolute atomic E-state index is 12.0. The van der Waals surface area contributed by atoms with E-state index in [0.29, 0.717) is 6.42 Å². The van der Waals surface area contributed by atoms with E-state index < -0.39 is 0 Å². The summed E-state index contributed by atoms with van der Waals surface area (Å²) in [5.41, 5.74) is 2.89. The van der Waals surface area contributed by atoms with Crippen LogP contribution in [0.25, 0.3) is 17.1 Å². The number of imidazole rings is 1. The van der Waals surface area contributed by atoms with Gasteiger partial charge in [-0.2, -0.15) is 0 Å². The molecule has 1 aliphatic heterocycles. The van der Waals surface area contributed by atoms with E-state index in [4.69, 9.17) is 4.42 Å². The van der Waals surface area contributed by atoms with Gasteiger partial charge in [-0.1, -0.05) is 0 Å². The summed E-state index contributed by atoms with van der Waals surface area (Å²) in [4.78, 5) is 18.3. The molecular weight excluding hydrogens is 290 g/mol. The van der Waals surface area contributed by atoms with Crippen LogP contribution in [0.2, 0.25) is 0 Å². The number of carbonyl (C=O) groups excluding carboxylic acids is 1. The number of carbonyl (C=O) groups is 1. The summed E-state index contributed by atoms with van der Waals surface area (Å²) in [7, 11) is 0. The van der Waals surface area contributed by atoms with Crippen molar-refractivity contribution in [2.45, 2.75) is 25.8 Å². The summed E-state index contributed by atoms with van der Waals surface area (Å²) >= 11 is 0. The fourth-order valence-electron chi connectivity index (χ4n) is 3.12. The number of anilines is 1. The number of aromatic nitrogens is 2. The second-order valence-corrected chi connectivity index (χ2v) is 5.80. The van der Waals surface area contributed by atoms with Gasteiger partial charge in [0.05, 0.1) is 11.8 Å². The second kappa shape index (κ2) is 5.43. The molecule has 1 aliphatic rings. The van der Waals surface area contributed by atoms with Gasteiger partial charge in [0, 0.05) is 36.2 Å². The molecule has 0 bridgehead atoms. The summed E-state index contributed by atoms with van der Waals surface area (Å²) in [6.07, 6.45) is 8.56. The van der Waals surface area contributed by atoms with Crippen molar-refractivity contribution >= 4 is 11.6 Å². The molecule has 1 saturated heterocycles. The van der Waals surface area contributed by atoms with Crippen molar-refractivity contribution < 1.29 is 9.21 Å². The molecule has 0 radical (unpaired) electrons. The number of nitrogens with zero attached hydrogens (tertiary/aromatic N) is 3. The number of rotatable bonds is 3. The molecule has 3 heterocycles. The van der Waals surface area contributed by atoms with Gasteiger partial charge in [-0.3, -0.25) is 9.36 Å². The molecule has 1 amide bonds. The van der Waals surface area contributed by atoms with Gasteiger partial charge in [0.1, 0.15) is 12.1 Å². The smallest absolute Gasteiger partial charge is 0.227 e. The zero-order valence-corrected chi connectivity index (χ0v) is 12.8. The van der Waals surface area contributed by atoms with E-state index in [-0.39, 0.29) is 11.9 Å². The normalized spacial score (nSPS) is 17.9. The predicted molar refractivity (Wildman–Crippen MR) is 87.4 cm³/mol. The predicted octanol–water partition coefficient (Wildman–Crippen LogP) is 3.65. The van der Waals surface area contributed by atoms with Crippen molar-refractivity contribution in [3.63, 3.8) is 0 Å². The molecule has 23 heavy (non-hydrogen) atoms. The highest BCUT2D eigenvalue weighted by Crippen LogP contribution is 2.28. The fraction of sp³-hybridized carbons (Fsp3) is 0.222. The van der Waals surface area contributed by atoms with Crippen molar-refractivity contribution in [2.24, 2.45) is 0 Å². The molecule has 1 atom stereocenters. The molecule has 0 spiro atoms. The molecule has 1 aromatic carbocycles. The van der Waals surface area contributed by atoms with Gasteiger partial charge < -0.3 is 9.32 Å². The number of hydrogen-bond acceptors (Lipinski definition) is 3. The lowest BCUT2D eigenvalue weighted by atomic mass is 10.2. The van der Waals surface area contributed by atoms with Gasteiger partial charge in [-0.05, 0) is 43.7 Å². The average molecular weight is 307 g/mol. The third-order valence-corrected chi connectivity index (χ3v) is 4.31. The van der Waals surface area contributed by atoms with Crippen LogP contribution in [-0.4, -0.2) is 21.5 Å². The van der Waals surface area contributed by atoms with E-state index in [0.717, 1.165) is 29.2 Å². The van der Waals surface area contributed by atoms with Crippen LogP contribution in [-0.2, 0) is 4.79 Å². The lowest BCUT2D eigenvalue weighted by molar-refractivity contribution is -0.117. The van der Waals surface area contributed by atoms with Crippen molar-refractivity contribution in [1.82, 2.24) is 9.55 Å². The number of furan rings is 1. The maximum atomic E-state index is 12.0. The summed E-state index contributed by atoms with van der Waals surface area (Å²) in [6, 6.07) is 10.2. The van der Waals surface area contributed by atoms with Crippen LogP contribution in [0.3, 0.4) is 0 Å². The van der Waals surface area contributed by atoms with Gasteiger partial charge in [-0.25, -0.2) is 4.98 Å². The van der Waals surface area contributed by atoms with E-state index in [1.807, 2.05) is 46.0 Å². The van der Waals surface area contributed by atoms with Gasteiger partial charge in [0.2, 0.25) is 5.91 Å². The molecule has 1 fully saturated rings. The molecule has 0 saturated carbocycles. The molecule has 5 heteroatoms. The Hall–Kier alpha value is -2.82. The van der Waals surface area contributed by atoms with E-state index in [1.165, 1.54) is 0 Å². The van der Waals surface area contributed by atoms with Crippen LogP contribution in [0.5, 0.6) is 0 Å². The molecule has 0 aliphatic carbocycles. The first-order chi connectivity index (χ1) is 11.2. The van der Waals surface area contributed by atoms with Gasteiger partial charge in [-0.15, -0.1) is 0 Å². The molecule has 3 aromatic rings. The molecular formula is C18H17N3O2. The Labute approximate surface area is 134 Å². The second-order valence-electron chi connectivity index (χ2n) is 5.80. The summed E-state index contributed by atoms with van der Waals surface area (Å²) in [5.74, 6) is 1.03. The molecule has 2 aromatic heterocycles. The Balaban J connectivity index is 1.67. The van der Waals surface area contributed by atoms with Gasteiger partial charge in [0.15, 0.2) is 0 Å². The fourth-order valence-corrected chi connectivity index (χ4v) is 3.12. The van der Waals surface area contributed by atoms with Crippen molar-refractivity contribution in [1.29, 1.82) is 0 Å². The molecule has 0 N–H and O–H groups in total. The maximum Gasteiger partial charge on any atom is 0.227 e. The average Bonchev–Trinajstić information content (AvgIpc) is 3.28. The van der Waals surface area contributed by atoms with Crippen LogP contribution >= 0.6 is 0 Å². The first-order valence-corrected chi connectivity index (χ1v) is 7.72. The van der Waals surface area contributed by atoms with Crippen LogP contribution in [0.1, 0.15) is 19.8 Å². The highest BCUT2D eigenvalue weighted by atomic mass is 16.3. The Morgan fingerprint density at radius 1 is 1.17 bits per heavy atom. The van der Waals surface area contributed by atoms with Crippen molar-refractivity contribution in [2.75, 3.05) is 4.90 Å². The van der Waals surface area contributed by atoms with Crippen molar-refractivity contribution in [3.8, 4) is 17.1 Å². The molecule has 5 nitrogen and oxygen atoms in total. The Morgan fingerprint density at radius 3 is 2.61 bits per heavy atom. The third-order valence-electron chi connectivity index (χ3n) is 4.31. The Morgan fingerprint density at radius 2 is 1.96 bits per heavy atom. The lowest BCUT2D eigenvalue weighted by Gasteiger charge is -2.22. The van der Waals surface area contributed by atoms with Gasteiger partial charge in [0.25, 0.3) is 0 Å². The largest absolute Gasteiger partial charge is 0.472 e. The zero-order valence-electron chi connectivity index (χ0n) is 12.8. The summed E-state index contributed by atoms with van der Waals surface area (Å²) in [6.45, 7) is 2.09. The lowest BCUT2D eigenvalue weighted by Crippen LogP contribution is -2.30. The van der Waals surface area contributed by atoms with E-state index >= 15 is 0 Å². The van der Waals surface area contributed by atoms with E-state index in [9.17, 15) is 4.79 Å². The molecule has 116 valence electrons. The Kier molecular flexibility index (Phi) is 3.26.